The molecule has 0 aliphatic carbocycles. The van der Waals surface area contributed by atoms with Gasteiger partial charge in [0.25, 0.3) is 0 Å². The molecule has 0 saturated heterocycles. The Kier molecular flexibility index (Phi) is 10.2. The van der Waals surface area contributed by atoms with Crippen LogP contribution in [-0.4, -0.2) is 79.9 Å². The van der Waals surface area contributed by atoms with Crippen LogP contribution in [0.25, 0.3) is 0 Å². The van der Waals surface area contributed by atoms with Crippen LogP contribution in [0.2, 0.25) is 0 Å². The van der Waals surface area contributed by atoms with Gasteiger partial charge in [-0.2, -0.15) is 61.5 Å². The van der Waals surface area contributed by atoms with Crippen molar-refractivity contribution in [1.29, 1.82) is 0 Å². The number of halogens is 14. The van der Waals surface area contributed by atoms with Crippen LogP contribution in [0.5, 0.6) is 0 Å². The van der Waals surface area contributed by atoms with E-state index in [1.165, 1.54) is 5.32 Å². The fraction of sp³-hybridized carbons (Fsp3) is 0.800. The summed E-state index contributed by atoms with van der Waals surface area (Å²) in [4.78, 5) is 34.6. The molecule has 0 aliphatic heterocycles. The lowest BCUT2D eigenvalue weighted by Crippen LogP contribution is -2.55. The number of alkyl carbamates (subject to hydrolysis) is 1. The first-order chi connectivity index (χ1) is 15.8. The van der Waals surface area contributed by atoms with Gasteiger partial charge in [0.2, 0.25) is 0 Å². The average molecular weight is 569 g/mol. The Hall–Kier alpha value is -2.77. The first-order valence-corrected chi connectivity index (χ1v) is 8.74. The van der Waals surface area contributed by atoms with Gasteiger partial charge in [-0.25, -0.2) is 9.59 Å². The van der Waals surface area contributed by atoms with Crippen molar-refractivity contribution in [1.82, 2.24) is 5.32 Å². The van der Waals surface area contributed by atoms with Gasteiger partial charge < -0.3 is 19.5 Å². The Morgan fingerprint density at radius 3 is 1.42 bits per heavy atom. The standard InChI is InChI=1S/C15H13F14NO6/c1-2-34-9(33)30-6(8(32)36-5-11(18,19)13(22,23)15(27,28)29)3-7(31)35-4-10(16,17)12(20,21)14(24,25)26/h6H,2-5H2,1H3,(H,30,33)/t6-/m0/s1. The van der Waals surface area contributed by atoms with Gasteiger partial charge in [-0.1, -0.05) is 0 Å². The van der Waals surface area contributed by atoms with E-state index >= 15 is 0 Å². The van der Waals surface area contributed by atoms with Crippen molar-refractivity contribution in [2.45, 2.75) is 55.4 Å². The first kappa shape index (κ1) is 33.2. The molecule has 212 valence electrons. The third-order valence-electron chi connectivity index (χ3n) is 3.66. The van der Waals surface area contributed by atoms with E-state index in [9.17, 15) is 75.8 Å². The van der Waals surface area contributed by atoms with Crippen molar-refractivity contribution in [3.63, 3.8) is 0 Å². The zero-order chi connectivity index (χ0) is 29.0. The van der Waals surface area contributed by atoms with Gasteiger partial charge >= 0.3 is 54.1 Å². The van der Waals surface area contributed by atoms with E-state index in [0.29, 0.717) is 0 Å². The van der Waals surface area contributed by atoms with E-state index in [1.807, 2.05) is 0 Å². The van der Waals surface area contributed by atoms with Crippen LogP contribution in [0.15, 0.2) is 0 Å². The summed E-state index contributed by atoms with van der Waals surface area (Å²) in [6.07, 6.45) is -17.2. The number of ether oxygens (including phenoxy) is 3. The number of esters is 2. The van der Waals surface area contributed by atoms with Crippen molar-refractivity contribution in [3.8, 4) is 0 Å². The lowest BCUT2D eigenvalue weighted by atomic mass is 10.1. The molecular weight excluding hydrogens is 556 g/mol. The topological polar surface area (TPSA) is 90.9 Å². The van der Waals surface area contributed by atoms with Crippen LogP contribution >= 0.6 is 0 Å². The lowest BCUT2D eigenvalue weighted by Gasteiger charge is -2.28. The molecule has 21 heteroatoms. The van der Waals surface area contributed by atoms with Gasteiger partial charge in [0.05, 0.1) is 13.0 Å². The molecule has 1 N–H and O–H groups in total. The zero-order valence-corrected chi connectivity index (χ0v) is 17.1. The summed E-state index contributed by atoms with van der Waals surface area (Å²) in [5, 5.41) is 1.30. The van der Waals surface area contributed by atoms with E-state index < -0.39 is 86.4 Å². The highest BCUT2D eigenvalue weighted by Gasteiger charge is 2.74. The molecule has 36 heavy (non-hydrogen) atoms. The number of carbonyl (C=O) groups excluding carboxylic acids is 3. The summed E-state index contributed by atoms with van der Waals surface area (Å²) < 4.78 is 188. The highest BCUT2D eigenvalue weighted by molar-refractivity contribution is 5.86. The zero-order valence-electron chi connectivity index (χ0n) is 17.1. The largest absolute Gasteiger partial charge is 0.460 e. The summed E-state index contributed by atoms with van der Waals surface area (Å²) in [5.74, 6) is -30.3. The second-order valence-corrected chi connectivity index (χ2v) is 6.44. The molecule has 7 nitrogen and oxygen atoms in total. The van der Waals surface area contributed by atoms with Crippen molar-refractivity contribution < 1.29 is 90.1 Å². The van der Waals surface area contributed by atoms with Crippen molar-refractivity contribution in [2.24, 2.45) is 0 Å². The monoisotopic (exact) mass is 569 g/mol. The molecule has 0 spiro atoms. The number of hydrogen-bond acceptors (Lipinski definition) is 6. The van der Waals surface area contributed by atoms with Gasteiger partial charge in [0, 0.05) is 0 Å². The molecule has 0 fully saturated rings. The summed E-state index contributed by atoms with van der Waals surface area (Å²) in [5.41, 5.74) is 0. The fourth-order valence-corrected chi connectivity index (χ4v) is 1.76. The third-order valence-corrected chi connectivity index (χ3v) is 3.66. The average Bonchev–Trinajstić information content (AvgIpc) is 2.68. The summed E-state index contributed by atoms with van der Waals surface area (Å²) in [6.45, 7) is -5.34. The molecule has 0 rings (SSSR count). The Bertz CT molecular complexity index is 795. The van der Waals surface area contributed by atoms with E-state index in [2.05, 4.69) is 14.2 Å². The van der Waals surface area contributed by atoms with Gasteiger partial charge in [-0.3, -0.25) is 4.79 Å². The van der Waals surface area contributed by atoms with Crippen LogP contribution in [0, 0.1) is 0 Å². The predicted molar refractivity (Wildman–Crippen MR) is 82.4 cm³/mol. The molecule has 0 heterocycles. The van der Waals surface area contributed by atoms with E-state index in [4.69, 9.17) is 0 Å². The number of rotatable bonds is 11. The molecule has 0 radical (unpaired) electrons. The molecule has 1 amide bonds. The molecule has 0 aromatic carbocycles. The van der Waals surface area contributed by atoms with Crippen LogP contribution in [0.4, 0.5) is 66.3 Å². The fourth-order valence-electron chi connectivity index (χ4n) is 1.76. The quantitative estimate of drug-likeness (QED) is 0.228. The van der Waals surface area contributed by atoms with Crippen LogP contribution in [-0.2, 0) is 23.8 Å². The minimum atomic E-state index is -6.83. The van der Waals surface area contributed by atoms with Crippen LogP contribution < -0.4 is 5.32 Å². The summed E-state index contributed by atoms with van der Waals surface area (Å²) in [7, 11) is 0. The first-order valence-electron chi connectivity index (χ1n) is 8.74. The van der Waals surface area contributed by atoms with E-state index in [0.717, 1.165) is 6.92 Å². The number of alkyl halides is 14. The Morgan fingerprint density at radius 1 is 0.667 bits per heavy atom. The maximum Gasteiger partial charge on any atom is 0.460 e. The third kappa shape index (κ3) is 7.87. The SMILES string of the molecule is CCOC(=O)N[C@@H](CC(=O)OCC(F)(F)C(F)(F)C(F)(F)F)C(=O)OCC(F)(F)C(F)(F)C(F)(F)F. The van der Waals surface area contributed by atoms with Crippen molar-refractivity contribution >= 4 is 18.0 Å². The number of amides is 1. The Morgan fingerprint density at radius 2 is 1.06 bits per heavy atom. The molecule has 0 aromatic rings. The van der Waals surface area contributed by atoms with Crippen LogP contribution in [0.3, 0.4) is 0 Å². The Balaban J connectivity index is 5.51. The number of carbonyl (C=O) groups is 3. The van der Waals surface area contributed by atoms with E-state index in [-0.39, 0.29) is 0 Å². The van der Waals surface area contributed by atoms with Gasteiger partial charge in [-0.05, 0) is 6.92 Å². The molecule has 0 aromatic heterocycles. The molecule has 0 saturated carbocycles. The molecule has 0 bridgehead atoms. The molecule has 1 atom stereocenters. The lowest BCUT2D eigenvalue weighted by molar-refractivity contribution is -0.360. The van der Waals surface area contributed by atoms with Crippen LogP contribution in [0.1, 0.15) is 13.3 Å². The number of nitrogens with one attached hydrogen (secondary N) is 1. The van der Waals surface area contributed by atoms with Gasteiger partial charge in [-0.15, -0.1) is 0 Å². The predicted octanol–water partition coefficient (Wildman–Crippen LogP) is 4.24. The minimum Gasteiger partial charge on any atom is -0.459 e. The smallest absolute Gasteiger partial charge is 0.459 e. The molecule has 0 aliphatic rings. The second-order valence-electron chi connectivity index (χ2n) is 6.44. The minimum absolute atomic E-state index is 0.493. The normalized spacial score (nSPS) is 14.6. The number of hydrogen-bond donors (Lipinski definition) is 1. The maximum absolute atomic E-state index is 13.2. The molecular formula is C15H13F14NO6. The van der Waals surface area contributed by atoms with Crippen molar-refractivity contribution in [3.05, 3.63) is 0 Å². The Labute approximate surface area is 190 Å². The summed E-state index contributed by atoms with van der Waals surface area (Å²) >= 11 is 0. The van der Waals surface area contributed by atoms with E-state index in [1.54, 1.807) is 0 Å². The summed E-state index contributed by atoms with van der Waals surface area (Å²) in [6, 6.07) is -2.72. The molecule has 0 unspecified atom stereocenters. The van der Waals surface area contributed by atoms with Crippen molar-refractivity contribution in [2.75, 3.05) is 19.8 Å². The highest BCUT2D eigenvalue weighted by atomic mass is 19.4. The van der Waals surface area contributed by atoms with Gasteiger partial charge in [0.15, 0.2) is 13.2 Å². The highest BCUT2D eigenvalue weighted by Crippen LogP contribution is 2.47. The second kappa shape index (κ2) is 11.1. The maximum atomic E-state index is 13.2. The van der Waals surface area contributed by atoms with Gasteiger partial charge in [0.1, 0.15) is 6.04 Å².